The van der Waals surface area contributed by atoms with E-state index in [1.807, 2.05) is 53.9 Å². The Morgan fingerprint density at radius 3 is 2.78 bits per heavy atom. The number of hydrogen-bond donors (Lipinski definition) is 1. The number of aryl methyl sites for hydroxylation is 1. The van der Waals surface area contributed by atoms with Crippen LogP contribution in [0.15, 0.2) is 42.5 Å². The van der Waals surface area contributed by atoms with Crippen molar-refractivity contribution in [3.63, 3.8) is 0 Å². The van der Waals surface area contributed by atoms with Gasteiger partial charge in [0.2, 0.25) is 0 Å². The Balaban J connectivity index is 1.48. The van der Waals surface area contributed by atoms with E-state index < -0.39 is 0 Å². The van der Waals surface area contributed by atoms with Crippen LogP contribution < -0.4 is 4.90 Å². The predicted octanol–water partition coefficient (Wildman–Crippen LogP) is 2.60. The minimum atomic E-state index is 0.315. The molecule has 1 unspecified atom stereocenters. The highest BCUT2D eigenvalue weighted by Gasteiger charge is 2.25. The van der Waals surface area contributed by atoms with Gasteiger partial charge in [-0.25, -0.2) is 4.98 Å². The van der Waals surface area contributed by atoms with Crippen molar-refractivity contribution in [1.29, 1.82) is 0 Å². The standard InChI is InChI=1S/C19H20N8/c1-13-20-18(23-21-13)15-8-5-11-26(12-15)17-10-9-16-22-24-19(27(16)25-17)14-6-3-2-4-7-14/h2-4,6-7,9-10,15H,5,8,11-12H2,1H3,(H,20,21,23). The van der Waals surface area contributed by atoms with Gasteiger partial charge in [0.05, 0.1) is 0 Å². The van der Waals surface area contributed by atoms with Gasteiger partial charge < -0.3 is 4.90 Å². The van der Waals surface area contributed by atoms with Gasteiger partial charge in [-0.05, 0) is 31.9 Å². The number of aromatic amines is 1. The molecule has 3 aromatic heterocycles. The highest BCUT2D eigenvalue weighted by molar-refractivity contribution is 5.59. The summed E-state index contributed by atoms with van der Waals surface area (Å²) < 4.78 is 1.82. The summed E-state index contributed by atoms with van der Waals surface area (Å²) in [5.74, 6) is 3.75. The fourth-order valence-electron chi connectivity index (χ4n) is 3.65. The lowest BCUT2D eigenvalue weighted by Crippen LogP contribution is -2.35. The summed E-state index contributed by atoms with van der Waals surface area (Å²) in [4.78, 5) is 6.82. The van der Waals surface area contributed by atoms with Crippen LogP contribution in [0.5, 0.6) is 0 Å². The highest BCUT2D eigenvalue weighted by Crippen LogP contribution is 2.28. The number of nitrogens with one attached hydrogen (secondary N) is 1. The van der Waals surface area contributed by atoms with E-state index in [4.69, 9.17) is 5.10 Å². The summed E-state index contributed by atoms with van der Waals surface area (Å²) >= 11 is 0. The van der Waals surface area contributed by atoms with Gasteiger partial charge in [0.15, 0.2) is 17.3 Å². The van der Waals surface area contributed by atoms with Crippen molar-refractivity contribution >= 4 is 11.5 Å². The first kappa shape index (κ1) is 15.9. The lowest BCUT2D eigenvalue weighted by Gasteiger charge is -2.32. The van der Waals surface area contributed by atoms with Crippen molar-refractivity contribution in [2.24, 2.45) is 0 Å². The monoisotopic (exact) mass is 360 g/mol. The second kappa shape index (κ2) is 6.46. The molecule has 1 fully saturated rings. The second-order valence-corrected chi connectivity index (χ2v) is 6.92. The first-order valence-corrected chi connectivity index (χ1v) is 9.20. The number of H-pyrrole nitrogens is 1. The minimum Gasteiger partial charge on any atom is -0.354 e. The maximum Gasteiger partial charge on any atom is 0.185 e. The third kappa shape index (κ3) is 2.92. The van der Waals surface area contributed by atoms with E-state index >= 15 is 0 Å². The fraction of sp³-hybridized carbons (Fsp3) is 0.316. The molecule has 8 nitrogen and oxygen atoms in total. The zero-order valence-corrected chi connectivity index (χ0v) is 15.1. The quantitative estimate of drug-likeness (QED) is 0.604. The molecule has 0 amide bonds. The predicted molar refractivity (Wildman–Crippen MR) is 102 cm³/mol. The Hall–Kier alpha value is -3.29. The van der Waals surface area contributed by atoms with Gasteiger partial charge >= 0.3 is 0 Å². The number of rotatable bonds is 3. The molecule has 1 aliphatic rings. The summed E-state index contributed by atoms with van der Waals surface area (Å²) in [6.07, 6.45) is 2.18. The molecular formula is C19H20N8. The lowest BCUT2D eigenvalue weighted by molar-refractivity contribution is 0.488. The third-order valence-corrected chi connectivity index (χ3v) is 5.01. The minimum absolute atomic E-state index is 0.315. The molecule has 1 atom stereocenters. The van der Waals surface area contributed by atoms with Crippen LogP contribution in [-0.4, -0.2) is 48.1 Å². The summed E-state index contributed by atoms with van der Waals surface area (Å²) in [6.45, 7) is 3.77. The van der Waals surface area contributed by atoms with Crippen molar-refractivity contribution in [3.8, 4) is 11.4 Å². The molecule has 0 radical (unpaired) electrons. The molecule has 4 aromatic rings. The lowest BCUT2D eigenvalue weighted by atomic mass is 9.97. The maximum absolute atomic E-state index is 4.84. The van der Waals surface area contributed by atoms with Crippen LogP contribution in [0.25, 0.3) is 17.0 Å². The zero-order chi connectivity index (χ0) is 18.2. The van der Waals surface area contributed by atoms with Crippen LogP contribution in [0.1, 0.15) is 30.4 Å². The molecule has 0 spiro atoms. The van der Waals surface area contributed by atoms with E-state index in [1.54, 1.807) is 0 Å². The van der Waals surface area contributed by atoms with Gasteiger partial charge in [0, 0.05) is 24.6 Å². The topological polar surface area (TPSA) is 87.9 Å². The molecule has 1 aromatic carbocycles. The first-order valence-electron chi connectivity index (χ1n) is 9.20. The highest BCUT2D eigenvalue weighted by atomic mass is 15.4. The Morgan fingerprint density at radius 1 is 1.07 bits per heavy atom. The van der Waals surface area contributed by atoms with E-state index in [1.165, 1.54) is 0 Å². The van der Waals surface area contributed by atoms with Gasteiger partial charge in [0.1, 0.15) is 11.6 Å². The summed E-state index contributed by atoms with van der Waals surface area (Å²) in [5, 5.41) is 20.7. The van der Waals surface area contributed by atoms with E-state index in [2.05, 4.69) is 30.3 Å². The second-order valence-electron chi connectivity index (χ2n) is 6.92. The van der Waals surface area contributed by atoms with E-state index in [0.717, 1.165) is 60.4 Å². The van der Waals surface area contributed by atoms with Gasteiger partial charge in [-0.2, -0.15) is 9.61 Å². The van der Waals surface area contributed by atoms with Gasteiger partial charge in [-0.15, -0.1) is 15.3 Å². The Kier molecular flexibility index (Phi) is 3.81. The number of benzene rings is 1. The first-order chi connectivity index (χ1) is 13.3. The maximum atomic E-state index is 4.84. The van der Waals surface area contributed by atoms with Gasteiger partial charge in [0.25, 0.3) is 0 Å². The SMILES string of the molecule is Cc1nc(C2CCCN(c3ccc4nnc(-c5ccccc5)n4n3)C2)n[nH]1. The average Bonchev–Trinajstić information content (AvgIpc) is 3.34. The molecule has 136 valence electrons. The number of anilines is 1. The number of nitrogens with zero attached hydrogens (tertiary/aromatic N) is 7. The van der Waals surface area contributed by atoms with E-state index in [9.17, 15) is 0 Å². The normalized spacial score (nSPS) is 17.5. The van der Waals surface area contributed by atoms with Gasteiger partial charge in [-0.3, -0.25) is 5.10 Å². The molecule has 0 aliphatic carbocycles. The van der Waals surface area contributed by atoms with Crippen LogP contribution in [0.3, 0.4) is 0 Å². The van der Waals surface area contributed by atoms with Crippen molar-refractivity contribution in [2.45, 2.75) is 25.7 Å². The molecule has 1 N–H and O–H groups in total. The molecule has 27 heavy (non-hydrogen) atoms. The molecule has 4 heterocycles. The molecule has 0 bridgehead atoms. The smallest absolute Gasteiger partial charge is 0.185 e. The molecule has 5 rings (SSSR count). The number of hydrogen-bond acceptors (Lipinski definition) is 6. The van der Waals surface area contributed by atoms with Crippen molar-refractivity contribution < 1.29 is 0 Å². The summed E-state index contributed by atoms with van der Waals surface area (Å²) in [7, 11) is 0. The molecule has 1 aliphatic heterocycles. The van der Waals surface area contributed by atoms with Crippen LogP contribution >= 0.6 is 0 Å². The molecule has 0 saturated carbocycles. The number of aromatic nitrogens is 7. The van der Waals surface area contributed by atoms with Crippen molar-refractivity contribution in [3.05, 3.63) is 54.1 Å². The van der Waals surface area contributed by atoms with Crippen LogP contribution in [-0.2, 0) is 0 Å². The third-order valence-electron chi connectivity index (χ3n) is 5.01. The van der Waals surface area contributed by atoms with Crippen molar-refractivity contribution in [1.82, 2.24) is 35.0 Å². The summed E-state index contributed by atoms with van der Waals surface area (Å²) in [6, 6.07) is 14.0. The molecular weight excluding hydrogens is 340 g/mol. The zero-order valence-electron chi connectivity index (χ0n) is 15.1. The number of fused-ring (bicyclic) bond motifs is 1. The van der Waals surface area contributed by atoms with Crippen LogP contribution in [0, 0.1) is 6.92 Å². The average molecular weight is 360 g/mol. The van der Waals surface area contributed by atoms with Crippen molar-refractivity contribution in [2.75, 3.05) is 18.0 Å². The Labute approximate surface area is 156 Å². The number of piperidine rings is 1. The Morgan fingerprint density at radius 2 is 1.96 bits per heavy atom. The van der Waals surface area contributed by atoms with Crippen LogP contribution in [0.4, 0.5) is 5.82 Å². The largest absolute Gasteiger partial charge is 0.354 e. The molecule has 8 heteroatoms. The molecule has 1 saturated heterocycles. The Bertz CT molecular complexity index is 1070. The fourth-order valence-corrected chi connectivity index (χ4v) is 3.65. The van der Waals surface area contributed by atoms with Crippen LogP contribution in [0.2, 0.25) is 0 Å². The summed E-state index contributed by atoms with van der Waals surface area (Å²) in [5.41, 5.74) is 1.75. The van der Waals surface area contributed by atoms with E-state index in [0.29, 0.717) is 5.92 Å². The van der Waals surface area contributed by atoms with E-state index in [-0.39, 0.29) is 0 Å². The van der Waals surface area contributed by atoms with Gasteiger partial charge in [-0.1, -0.05) is 30.3 Å².